The number of hydrogen-bond acceptors (Lipinski definition) is 5. The molecule has 7 nitrogen and oxygen atoms in total. The fourth-order valence-corrected chi connectivity index (χ4v) is 4.52. The summed E-state index contributed by atoms with van der Waals surface area (Å²) in [6.45, 7) is 6.86. The smallest absolute Gasteiger partial charge is 0.410 e. The van der Waals surface area contributed by atoms with Gasteiger partial charge in [0.1, 0.15) is 23.8 Å². The number of carbonyl (C=O) groups is 1. The molecule has 1 fully saturated rings. The third kappa shape index (κ3) is 4.65. The zero-order valence-electron chi connectivity index (χ0n) is 20.2. The van der Waals surface area contributed by atoms with Gasteiger partial charge >= 0.3 is 6.09 Å². The Bertz CT molecular complexity index is 1440. The molecule has 0 aliphatic carbocycles. The molecule has 0 unspecified atom stereocenters. The molecule has 1 aliphatic heterocycles. The van der Waals surface area contributed by atoms with Crippen molar-refractivity contribution in [2.75, 3.05) is 13.1 Å². The zero-order valence-corrected chi connectivity index (χ0v) is 20.2. The summed E-state index contributed by atoms with van der Waals surface area (Å²) < 4.78 is 13.8. The summed E-state index contributed by atoms with van der Waals surface area (Å²) in [4.78, 5) is 18.7. The van der Waals surface area contributed by atoms with Gasteiger partial charge in [-0.15, -0.1) is 0 Å². The van der Waals surface area contributed by atoms with Crippen LogP contribution in [0.5, 0.6) is 5.75 Å². The second-order valence-corrected chi connectivity index (χ2v) is 9.84. The van der Waals surface area contributed by atoms with Crippen molar-refractivity contribution in [3.63, 3.8) is 0 Å². The van der Waals surface area contributed by atoms with Crippen LogP contribution in [0, 0.1) is 11.3 Å². The van der Waals surface area contributed by atoms with Crippen LogP contribution in [0.25, 0.3) is 27.5 Å². The van der Waals surface area contributed by atoms with E-state index in [4.69, 9.17) is 9.47 Å². The first-order valence-electron chi connectivity index (χ1n) is 11.9. The fourth-order valence-electron chi connectivity index (χ4n) is 4.52. The predicted octanol–water partition coefficient (Wildman–Crippen LogP) is 5.83. The van der Waals surface area contributed by atoms with Gasteiger partial charge < -0.3 is 14.4 Å². The Labute approximate surface area is 204 Å². The number of nitrogens with zero attached hydrogens (tertiary/aromatic N) is 4. The molecule has 1 aromatic heterocycles. The van der Waals surface area contributed by atoms with E-state index in [-0.39, 0.29) is 12.2 Å². The Morgan fingerprint density at radius 2 is 1.80 bits per heavy atom. The Kier molecular flexibility index (Phi) is 5.81. The molecule has 0 N–H and O–H groups in total. The lowest BCUT2D eigenvalue weighted by molar-refractivity contribution is 0.0127. The number of piperidine rings is 1. The van der Waals surface area contributed by atoms with E-state index in [0.717, 1.165) is 46.1 Å². The molecule has 4 aromatic rings. The molecule has 0 radical (unpaired) electrons. The van der Waals surface area contributed by atoms with Crippen LogP contribution in [0.2, 0.25) is 0 Å². The molecule has 0 atom stereocenters. The molecular formula is C28H28N4O3. The third-order valence-corrected chi connectivity index (χ3v) is 6.20. The lowest BCUT2D eigenvalue weighted by Crippen LogP contribution is -2.44. The quantitative estimate of drug-likeness (QED) is 0.378. The van der Waals surface area contributed by atoms with E-state index in [0.29, 0.717) is 18.7 Å². The molecule has 1 aliphatic rings. The van der Waals surface area contributed by atoms with Crippen LogP contribution in [-0.4, -0.2) is 45.3 Å². The Balaban J connectivity index is 1.32. The molecule has 0 saturated carbocycles. The van der Waals surface area contributed by atoms with E-state index in [9.17, 15) is 10.1 Å². The molecular weight excluding hydrogens is 440 g/mol. The first-order chi connectivity index (χ1) is 16.8. The number of amides is 1. The number of benzene rings is 3. The predicted molar refractivity (Wildman–Crippen MR) is 135 cm³/mol. The number of hydrogen-bond donors (Lipinski definition) is 0. The highest BCUT2D eigenvalue weighted by Gasteiger charge is 2.27. The van der Waals surface area contributed by atoms with Gasteiger partial charge in [0.15, 0.2) is 0 Å². The molecule has 7 heteroatoms. The molecule has 178 valence electrons. The Morgan fingerprint density at radius 3 is 2.51 bits per heavy atom. The number of likely N-dealkylation sites (tertiary alicyclic amines) is 1. The van der Waals surface area contributed by atoms with Gasteiger partial charge in [-0.05, 0) is 45.0 Å². The van der Waals surface area contributed by atoms with Gasteiger partial charge in [-0.2, -0.15) is 5.26 Å². The largest absolute Gasteiger partial charge is 0.490 e. The van der Waals surface area contributed by atoms with Crippen LogP contribution >= 0.6 is 0 Å². The van der Waals surface area contributed by atoms with Gasteiger partial charge in [0.25, 0.3) is 0 Å². The molecule has 2 heterocycles. The second-order valence-electron chi connectivity index (χ2n) is 9.84. The summed E-state index contributed by atoms with van der Waals surface area (Å²) >= 11 is 0. The molecule has 5 rings (SSSR count). The highest BCUT2D eigenvalue weighted by atomic mass is 16.6. The first-order valence-corrected chi connectivity index (χ1v) is 11.9. The van der Waals surface area contributed by atoms with Gasteiger partial charge in [-0.25, -0.2) is 9.78 Å². The number of nitriles is 1. The first kappa shape index (κ1) is 22.7. The Hall–Kier alpha value is -4.05. The average molecular weight is 469 g/mol. The number of ether oxygens (including phenoxy) is 2. The van der Waals surface area contributed by atoms with E-state index in [1.54, 1.807) is 4.90 Å². The van der Waals surface area contributed by atoms with Crippen LogP contribution in [-0.2, 0) is 4.74 Å². The summed E-state index contributed by atoms with van der Waals surface area (Å²) in [7, 11) is 0. The normalized spacial score (nSPS) is 14.7. The van der Waals surface area contributed by atoms with Crippen molar-refractivity contribution < 1.29 is 14.3 Å². The van der Waals surface area contributed by atoms with Crippen LogP contribution in [0.3, 0.4) is 0 Å². The SMILES string of the molecule is CC(C)(C)OC(=O)N1CCC(Oc2ccc3c(c2)ncn3-c2ccc(C#N)c3ccccc23)CC1. The van der Waals surface area contributed by atoms with Gasteiger partial charge in [0.2, 0.25) is 0 Å². The van der Waals surface area contributed by atoms with Crippen LogP contribution in [0.1, 0.15) is 39.2 Å². The number of aromatic nitrogens is 2. The van der Waals surface area contributed by atoms with Crippen molar-refractivity contribution in [1.29, 1.82) is 5.26 Å². The molecule has 3 aromatic carbocycles. The topological polar surface area (TPSA) is 80.4 Å². The maximum Gasteiger partial charge on any atom is 0.410 e. The van der Waals surface area contributed by atoms with Gasteiger partial charge in [0.05, 0.1) is 28.4 Å². The fraction of sp³-hybridized carbons (Fsp3) is 0.321. The lowest BCUT2D eigenvalue weighted by Gasteiger charge is -2.33. The van der Waals surface area contributed by atoms with E-state index >= 15 is 0 Å². The van der Waals surface area contributed by atoms with Crippen molar-refractivity contribution >= 4 is 27.9 Å². The number of fused-ring (bicyclic) bond motifs is 2. The summed E-state index contributed by atoms with van der Waals surface area (Å²) in [5.74, 6) is 0.767. The summed E-state index contributed by atoms with van der Waals surface area (Å²) in [6.07, 6.45) is 3.09. The molecule has 35 heavy (non-hydrogen) atoms. The van der Waals surface area contributed by atoms with E-state index in [1.165, 1.54) is 0 Å². The van der Waals surface area contributed by atoms with Crippen LogP contribution in [0.15, 0.2) is 60.9 Å². The van der Waals surface area contributed by atoms with Crippen molar-refractivity contribution in [2.24, 2.45) is 0 Å². The van der Waals surface area contributed by atoms with Crippen LogP contribution in [0.4, 0.5) is 4.79 Å². The van der Waals surface area contributed by atoms with Crippen molar-refractivity contribution in [2.45, 2.75) is 45.3 Å². The van der Waals surface area contributed by atoms with Gasteiger partial charge in [-0.3, -0.25) is 4.57 Å². The lowest BCUT2D eigenvalue weighted by atomic mass is 10.0. The number of rotatable bonds is 3. The number of imidazole rings is 1. The van der Waals surface area contributed by atoms with E-state index < -0.39 is 5.60 Å². The summed E-state index contributed by atoms with van der Waals surface area (Å²) in [6, 6.07) is 19.9. The van der Waals surface area contributed by atoms with Crippen molar-refractivity contribution in [3.05, 3.63) is 66.5 Å². The molecule has 0 spiro atoms. The third-order valence-electron chi connectivity index (χ3n) is 6.20. The monoisotopic (exact) mass is 468 g/mol. The Morgan fingerprint density at radius 1 is 1.06 bits per heavy atom. The minimum Gasteiger partial charge on any atom is -0.490 e. The molecule has 1 saturated heterocycles. The maximum absolute atomic E-state index is 12.3. The molecule has 0 bridgehead atoms. The van der Waals surface area contributed by atoms with Crippen molar-refractivity contribution in [1.82, 2.24) is 14.5 Å². The summed E-state index contributed by atoms with van der Waals surface area (Å²) in [5, 5.41) is 11.4. The minimum atomic E-state index is -0.493. The zero-order chi connectivity index (χ0) is 24.6. The molecule has 1 amide bonds. The number of carbonyl (C=O) groups excluding carboxylic acids is 1. The van der Waals surface area contributed by atoms with Gasteiger partial charge in [0, 0.05) is 42.8 Å². The highest BCUT2D eigenvalue weighted by molar-refractivity contribution is 5.95. The average Bonchev–Trinajstić information content (AvgIpc) is 3.26. The van der Waals surface area contributed by atoms with Crippen LogP contribution < -0.4 is 4.74 Å². The summed E-state index contributed by atoms with van der Waals surface area (Å²) in [5.41, 5.74) is 2.94. The van der Waals surface area contributed by atoms with E-state index in [2.05, 4.69) is 11.1 Å². The highest BCUT2D eigenvalue weighted by Crippen LogP contribution is 2.30. The standard InChI is InChI=1S/C28H28N4O3/c1-28(2,3)35-27(33)31-14-12-20(13-15-31)34-21-9-11-26-24(16-21)30-18-32(26)25-10-8-19(17-29)22-6-4-5-7-23(22)25/h4-11,16,18,20H,12-15H2,1-3H3. The maximum atomic E-state index is 12.3. The van der Waals surface area contributed by atoms with Crippen molar-refractivity contribution in [3.8, 4) is 17.5 Å². The minimum absolute atomic E-state index is 0.0377. The van der Waals surface area contributed by atoms with E-state index in [1.807, 2.05) is 86.3 Å². The van der Waals surface area contributed by atoms with Gasteiger partial charge in [-0.1, -0.05) is 24.3 Å². The second kappa shape index (κ2) is 8.95.